The van der Waals surface area contributed by atoms with Crippen molar-refractivity contribution >= 4 is 6.16 Å². The van der Waals surface area contributed by atoms with Gasteiger partial charge in [-0.1, -0.05) is 66.2 Å². The van der Waals surface area contributed by atoms with Crippen molar-refractivity contribution in [2.24, 2.45) is 0 Å². The van der Waals surface area contributed by atoms with Crippen LogP contribution in [0.25, 0.3) is 0 Å². The second-order valence-electron chi connectivity index (χ2n) is 7.53. The van der Waals surface area contributed by atoms with E-state index < -0.39 is 6.16 Å². The minimum absolute atomic E-state index is 0.0894. The molecule has 178 valence electrons. The fourth-order valence-corrected chi connectivity index (χ4v) is 3.21. The first-order valence-electron chi connectivity index (χ1n) is 11.7. The van der Waals surface area contributed by atoms with Crippen LogP contribution in [0.5, 0.6) is 28.7 Å². The fraction of sp³-hybridized carbons (Fsp3) is 0.708. The van der Waals surface area contributed by atoms with Crippen LogP contribution < -0.4 is 18.9 Å². The maximum absolute atomic E-state index is 11.3. The van der Waals surface area contributed by atoms with Gasteiger partial charge in [-0.15, -0.1) is 0 Å². The normalized spacial score (nSPS) is 10.7. The Labute approximate surface area is 186 Å². The van der Waals surface area contributed by atoms with Gasteiger partial charge in [-0.3, -0.25) is 0 Å². The number of carboxylic acid groups (broad SMARTS) is 1. The molecule has 0 aliphatic heterocycles. The Hall–Kier alpha value is -2.31. The molecule has 0 amide bonds. The lowest BCUT2D eigenvalue weighted by atomic mass is 10.1. The van der Waals surface area contributed by atoms with E-state index in [0.29, 0.717) is 43.3 Å². The van der Waals surface area contributed by atoms with Gasteiger partial charge in [-0.05, 0) is 25.7 Å². The summed E-state index contributed by atoms with van der Waals surface area (Å²) in [7, 11) is 0. The molecule has 7 heteroatoms. The number of benzene rings is 1. The highest BCUT2D eigenvalue weighted by molar-refractivity contribution is 5.73. The summed E-state index contributed by atoms with van der Waals surface area (Å²) in [6.45, 7) is 9.46. The number of aromatic hydroxyl groups is 1. The van der Waals surface area contributed by atoms with Gasteiger partial charge < -0.3 is 29.2 Å². The highest BCUT2D eigenvalue weighted by atomic mass is 16.7. The fourth-order valence-electron chi connectivity index (χ4n) is 3.21. The van der Waals surface area contributed by atoms with Crippen LogP contribution in [-0.2, 0) is 6.42 Å². The van der Waals surface area contributed by atoms with Crippen molar-refractivity contribution in [3.8, 4) is 28.7 Å². The molecule has 0 radical (unpaired) electrons. The van der Waals surface area contributed by atoms with Crippen LogP contribution in [0.2, 0.25) is 0 Å². The molecule has 0 aliphatic rings. The Morgan fingerprint density at radius 2 is 1.13 bits per heavy atom. The molecule has 1 aromatic rings. The predicted molar refractivity (Wildman–Crippen MR) is 121 cm³/mol. The maximum atomic E-state index is 11.3. The lowest BCUT2D eigenvalue weighted by Crippen LogP contribution is -2.12. The molecule has 0 aliphatic carbocycles. The third-order valence-electron chi connectivity index (χ3n) is 4.92. The Morgan fingerprint density at radius 1 is 0.677 bits per heavy atom. The van der Waals surface area contributed by atoms with Crippen molar-refractivity contribution in [3.63, 3.8) is 0 Å². The zero-order chi connectivity index (χ0) is 23.1. The van der Waals surface area contributed by atoms with E-state index in [1.165, 1.54) is 0 Å². The number of hydrogen-bond donors (Lipinski definition) is 2. The predicted octanol–water partition coefficient (Wildman–Crippen LogP) is 6.72. The standard InChI is InChI=1S/C24H40O7/c1-5-9-12-15-28-21-18(8-4)20(31-24(26)27)19(25)22(29-16-13-10-6-2)23(21)30-17-14-11-7-3/h25H,5-17H2,1-4H3,(H,26,27). The van der Waals surface area contributed by atoms with Crippen molar-refractivity contribution in [2.75, 3.05) is 19.8 Å². The molecular weight excluding hydrogens is 400 g/mol. The van der Waals surface area contributed by atoms with Crippen molar-refractivity contribution in [3.05, 3.63) is 5.56 Å². The Kier molecular flexibility index (Phi) is 13.3. The first-order chi connectivity index (χ1) is 15.0. The molecule has 0 unspecified atom stereocenters. The summed E-state index contributed by atoms with van der Waals surface area (Å²) in [5, 5.41) is 20.1. The number of rotatable bonds is 17. The zero-order valence-electron chi connectivity index (χ0n) is 19.6. The van der Waals surface area contributed by atoms with Gasteiger partial charge in [-0.25, -0.2) is 4.79 Å². The minimum atomic E-state index is -1.50. The molecule has 0 saturated carbocycles. The first-order valence-corrected chi connectivity index (χ1v) is 11.7. The maximum Gasteiger partial charge on any atom is 0.511 e. The molecule has 0 aromatic heterocycles. The van der Waals surface area contributed by atoms with Crippen molar-refractivity contribution < 1.29 is 34.0 Å². The molecule has 0 bridgehead atoms. The topological polar surface area (TPSA) is 94.5 Å². The summed E-state index contributed by atoms with van der Waals surface area (Å²) in [5.41, 5.74) is 0.461. The first kappa shape index (κ1) is 26.7. The van der Waals surface area contributed by atoms with E-state index in [1.54, 1.807) is 0 Å². The Morgan fingerprint density at radius 3 is 1.55 bits per heavy atom. The van der Waals surface area contributed by atoms with Gasteiger partial charge in [0.2, 0.25) is 17.2 Å². The van der Waals surface area contributed by atoms with Crippen LogP contribution in [-0.4, -0.2) is 36.2 Å². The van der Waals surface area contributed by atoms with E-state index in [1.807, 2.05) is 6.92 Å². The lowest BCUT2D eigenvalue weighted by Gasteiger charge is -2.23. The summed E-state index contributed by atoms with van der Waals surface area (Å²) in [6, 6.07) is 0. The molecule has 0 saturated heterocycles. The van der Waals surface area contributed by atoms with Crippen LogP contribution in [0, 0.1) is 0 Å². The SMILES string of the molecule is CCCCCOc1c(O)c(OC(=O)O)c(CC)c(OCCCCC)c1OCCCCC. The molecule has 7 nitrogen and oxygen atoms in total. The highest BCUT2D eigenvalue weighted by Gasteiger charge is 2.29. The van der Waals surface area contributed by atoms with E-state index in [4.69, 9.17) is 18.9 Å². The van der Waals surface area contributed by atoms with Crippen LogP contribution in [0.1, 0.15) is 91.0 Å². The van der Waals surface area contributed by atoms with Gasteiger partial charge in [0.25, 0.3) is 0 Å². The smallest absolute Gasteiger partial charge is 0.502 e. The minimum Gasteiger partial charge on any atom is -0.502 e. The van der Waals surface area contributed by atoms with Gasteiger partial charge in [0.05, 0.1) is 19.8 Å². The molecule has 2 N–H and O–H groups in total. The lowest BCUT2D eigenvalue weighted by molar-refractivity contribution is 0.141. The third-order valence-corrected chi connectivity index (χ3v) is 4.92. The molecule has 0 heterocycles. The Balaban J connectivity index is 3.41. The second kappa shape index (κ2) is 15.5. The van der Waals surface area contributed by atoms with Crippen molar-refractivity contribution in [1.29, 1.82) is 0 Å². The number of phenolic OH excluding ortho intramolecular Hbond substituents is 1. The van der Waals surface area contributed by atoms with Crippen LogP contribution in [0.15, 0.2) is 0 Å². The number of ether oxygens (including phenoxy) is 4. The highest BCUT2D eigenvalue weighted by Crippen LogP contribution is 2.53. The number of carbonyl (C=O) groups is 1. The van der Waals surface area contributed by atoms with Gasteiger partial charge >= 0.3 is 6.16 Å². The quantitative estimate of drug-likeness (QED) is 0.158. The van der Waals surface area contributed by atoms with Crippen LogP contribution in [0.3, 0.4) is 0 Å². The van der Waals surface area contributed by atoms with Crippen LogP contribution in [0.4, 0.5) is 4.79 Å². The largest absolute Gasteiger partial charge is 0.511 e. The number of unbranched alkanes of at least 4 members (excludes halogenated alkanes) is 6. The summed E-state index contributed by atoms with van der Waals surface area (Å²) < 4.78 is 23.0. The van der Waals surface area contributed by atoms with Gasteiger partial charge in [0.15, 0.2) is 11.5 Å². The molecule has 0 spiro atoms. The number of phenols is 1. The van der Waals surface area contributed by atoms with E-state index in [2.05, 4.69) is 20.8 Å². The van der Waals surface area contributed by atoms with E-state index in [-0.39, 0.29) is 17.2 Å². The summed E-state index contributed by atoms with van der Waals surface area (Å²) >= 11 is 0. The molecule has 31 heavy (non-hydrogen) atoms. The third kappa shape index (κ3) is 8.75. The summed E-state index contributed by atoms with van der Waals surface area (Å²) in [5.74, 6) is 0.311. The van der Waals surface area contributed by atoms with E-state index in [9.17, 15) is 15.0 Å². The molecule has 1 aromatic carbocycles. The average Bonchev–Trinajstić information content (AvgIpc) is 2.75. The average molecular weight is 441 g/mol. The second-order valence-corrected chi connectivity index (χ2v) is 7.53. The monoisotopic (exact) mass is 440 g/mol. The van der Waals surface area contributed by atoms with E-state index >= 15 is 0 Å². The molecule has 1 rings (SSSR count). The van der Waals surface area contributed by atoms with Crippen LogP contribution >= 0.6 is 0 Å². The molecular formula is C24H40O7. The molecule has 0 atom stereocenters. The van der Waals surface area contributed by atoms with E-state index in [0.717, 1.165) is 57.8 Å². The van der Waals surface area contributed by atoms with Crippen molar-refractivity contribution in [1.82, 2.24) is 0 Å². The summed E-state index contributed by atoms with van der Waals surface area (Å²) in [6.07, 6.45) is 7.59. The van der Waals surface area contributed by atoms with Gasteiger partial charge in [0, 0.05) is 5.56 Å². The molecule has 0 fully saturated rings. The zero-order valence-corrected chi connectivity index (χ0v) is 19.6. The summed E-state index contributed by atoms with van der Waals surface area (Å²) in [4.78, 5) is 11.3. The Bertz CT molecular complexity index is 658. The van der Waals surface area contributed by atoms with Gasteiger partial charge in [-0.2, -0.15) is 0 Å². The van der Waals surface area contributed by atoms with Gasteiger partial charge in [0.1, 0.15) is 0 Å². The number of hydrogen-bond acceptors (Lipinski definition) is 6. The van der Waals surface area contributed by atoms with Crippen molar-refractivity contribution in [2.45, 2.75) is 91.9 Å².